The van der Waals surface area contributed by atoms with Gasteiger partial charge in [-0.2, -0.15) is 41.3 Å². The Morgan fingerprint density at radius 2 is 0.698 bits per heavy atom. The van der Waals surface area contributed by atoms with Crippen LogP contribution in [0.15, 0.2) is 197 Å². The van der Waals surface area contributed by atoms with Crippen molar-refractivity contribution >= 4 is 138 Å². The van der Waals surface area contributed by atoms with Gasteiger partial charge in [0.2, 0.25) is 17.7 Å². The Kier molecular flexibility index (Phi) is 26.1. The SMILES string of the molecule is CC(Sc1nc2c(cnn2-c2ccc(C#N)cc2)c(=O)[nH]1)C(N)=O.COC(=O)C(C)Sc1nc2c(cnn2-c2ccc(C#N)cc2)c(=O)[nH]1.COc1ccc(-n2ncc3c(=O)[nH]c(SC(C)C(N)=O)nc32)cc1.COc1cccc(-n2ncc3c(=O)[nH]c(SC(C)C(N)=O)nc32)c1.N#Cc1ccc(-n2ncc3c(=O)[nH]c(=S)[nH]c32)cc1. The number of hydrogen-bond donors (Lipinski definition) is 9. The lowest BCUT2D eigenvalue weighted by atomic mass is 10.2. The van der Waals surface area contributed by atoms with Crippen molar-refractivity contribution in [3.05, 3.63) is 226 Å². The number of nitrogens with two attached hydrogens (primary N) is 3. The molecule has 4 unspecified atom stereocenters. The molecule has 12 N–H and O–H groups in total. The number of nitriles is 3. The lowest BCUT2D eigenvalue weighted by Crippen LogP contribution is -2.23. The van der Waals surface area contributed by atoms with Crippen LogP contribution < -0.4 is 54.5 Å². The van der Waals surface area contributed by atoms with Gasteiger partial charge in [-0.05, 0) is 149 Å². The second-order valence-corrected chi connectivity index (χ2v) is 29.8. The number of nitrogens with zero attached hydrogens (tertiary/aromatic N) is 17. The number of amides is 3. The van der Waals surface area contributed by atoms with Crippen LogP contribution in [0, 0.1) is 38.8 Å². The number of carbonyl (C=O) groups is 4. The Morgan fingerprint density at radius 1 is 0.397 bits per heavy atom. The number of thioether (sulfide) groups is 4. The third-order valence-electron chi connectivity index (χ3n) is 16.4. The fourth-order valence-corrected chi connectivity index (χ4v) is 13.5. The molecule has 0 aliphatic carbocycles. The average Bonchev–Trinajstić information content (AvgIpc) is 1.65. The zero-order valence-electron chi connectivity index (χ0n) is 61.5. The Morgan fingerprint density at radius 3 is 1.03 bits per heavy atom. The van der Waals surface area contributed by atoms with E-state index in [4.69, 9.17) is 54.7 Å². The molecule has 4 atom stereocenters. The van der Waals surface area contributed by atoms with Crippen molar-refractivity contribution in [3.63, 3.8) is 0 Å². The van der Waals surface area contributed by atoms with Gasteiger partial charge in [-0.15, -0.1) is 0 Å². The number of nitrogens with one attached hydrogen (secondary N) is 6. The van der Waals surface area contributed by atoms with E-state index < -0.39 is 44.7 Å². The second-order valence-electron chi connectivity index (χ2n) is 24.0. The van der Waals surface area contributed by atoms with Gasteiger partial charge in [-0.25, -0.2) is 43.3 Å². The van der Waals surface area contributed by atoms with Crippen LogP contribution in [0.5, 0.6) is 11.5 Å². The predicted octanol–water partition coefficient (Wildman–Crippen LogP) is 6.39. The highest BCUT2D eigenvalue weighted by Crippen LogP contribution is 2.28. The minimum absolute atomic E-state index is 0.243. The van der Waals surface area contributed by atoms with Gasteiger partial charge in [0.25, 0.3) is 27.8 Å². The molecule has 43 heteroatoms. The molecular weight excluding hydrogens is 1590 g/mol. The highest BCUT2D eigenvalue weighted by molar-refractivity contribution is 8.01. The summed E-state index contributed by atoms with van der Waals surface area (Å²) < 4.78 is 23.0. The molecule has 38 nitrogen and oxygen atoms in total. The van der Waals surface area contributed by atoms with Crippen molar-refractivity contribution in [2.75, 3.05) is 21.3 Å². The molecule has 3 amide bonds. The smallest absolute Gasteiger partial charge is 0.318 e. The van der Waals surface area contributed by atoms with E-state index in [-0.39, 0.29) is 37.7 Å². The summed E-state index contributed by atoms with van der Waals surface area (Å²) in [5, 5.41) is 48.5. The molecule has 5 aromatic carbocycles. The second kappa shape index (κ2) is 36.7. The number of aromatic nitrogens is 20. The Labute approximate surface area is 673 Å². The van der Waals surface area contributed by atoms with Crippen molar-refractivity contribution in [3.8, 4) is 58.1 Å². The Hall–Kier alpha value is -14.6. The number of aromatic amines is 6. The van der Waals surface area contributed by atoms with Crippen LogP contribution in [0.25, 0.3) is 83.6 Å². The molecule has 0 aliphatic rings. The fourth-order valence-electron chi connectivity index (χ4n) is 10.3. The van der Waals surface area contributed by atoms with Crippen LogP contribution in [0.3, 0.4) is 0 Å². The molecule has 586 valence electrons. The summed E-state index contributed by atoms with van der Waals surface area (Å²) in [7, 11) is 4.46. The average molecular weight is 1660 g/mol. The Bertz CT molecular complexity index is 6750. The largest absolute Gasteiger partial charge is 0.497 e. The number of carbonyl (C=O) groups excluding carboxylic acids is 4. The van der Waals surface area contributed by atoms with Gasteiger partial charge in [0, 0.05) is 6.07 Å². The van der Waals surface area contributed by atoms with Gasteiger partial charge in [-0.3, -0.25) is 48.1 Å². The lowest BCUT2D eigenvalue weighted by Gasteiger charge is -2.08. The van der Waals surface area contributed by atoms with Gasteiger partial charge >= 0.3 is 5.97 Å². The molecule has 116 heavy (non-hydrogen) atoms. The number of esters is 1. The normalized spacial score (nSPS) is 11.8. The topological polar surface area (TPSA) is 566 Å². The number of ether oxygens (including phenoxy) is 3. The van der Waals surface area contributed by atoms with Gasteiger partial charge < -0.3 is 56.3 Å². The molecule has 10 aromatic heterocycles. The zero-order valence-corrected chi connectivity index (χ0v) is 65.6. The monoisotopic (exact) mass is 1650 g/mol. The Balaban J connectivity index is 0.000000143. The number of fused-ring (bicyclic) bond motifs is 5. The first kappa shape index (κ1) is 82.4. The van der Waals surface area contributed by atoms with E-state index in [1.165, 1.54) is 47.5 Å². The van der Waals surface area contributed by atoms with Crippen molar-refractivity contribution in [2.45, 2.75) is 69.3 Å². The molecular formula is C73H62N26O12S5. The fraction of sp³-hybridized carbons (Fsp3) is 0.151. The molecule has 0 spiro atoms. The highest BCUT2D eigenvalue weighted by Gasteiger charge is 2.23. The first-order valence-electron chi connectivity index (χ1n) is 33.8. The molecule has 0 radical (unpaired) electrons. The van der Waals surface area contributed by atoms with Crippen LogP contribution in [0.2, 0.25) is 0 Å². The molecule has 0 aliphatic heterocycles. The maximum atomic E-state index is 12.2. The van der Waals surface area contributed by atoms with E-state index in [1.54, 1.807) is 147 Å². The molecule has 0 saturated carbocycles. The third kappa shape index (κ3) is 19.1. The van der Waals surface area contributed by atoms with E-state index in [1.807, 2.05) is 48.5 Å². The van der Waals surface area contributed by atoms with Crippen LogP contribution in [0.1, 0.15) is 44.4 Å². The number of hydrogen-bond acceptors (Lipinski definition) is 29. The number of primary amides is 3. The summed E-state index contributed by atoms with van der Waals surface area (Å²) in [4.78, 5) is 139. The summed E-state index contributed by atoms with van der Waals surface area (Å²) >= 11 is 9.29. The minimum Gasteiger partial charge on any atom is -0.497 e. The van der Waals surface area contributed by atoms with Crippen LogP contribution in [-0.4, -0.2) is 165 Å². The summed E-state index contributed by atoms with van der Waals surface area (Å²) in [5.74, 6) is -0.488. The maximum Gasteiger partial charge on any atom is 0.318 e. The van der Waals surface area contributed by atoms with Crippen molar-refractivity contribution < 1.29 is 33.4 Å². The summed E-state index contributed by atoms with van der Waals surface area (Å²) in [6.45, 7) is 6.60. The van der Waals surface area contributed by atoms with Crippen molar-refractivity contribution in [1.82, 2.24) is 98.7 Å². The minimum atomic E-state index is -0.531. The predicted molar refractivity (Wildman–Crippen MR) is 433 cm³/mol. The first-order valence-corrected chi connectivity index (χ1v) is 37.7. The third-order valence-corrected chi connectivity index (χ3v) is 20.5. The van der Waals surface area contributed by atoms with Crippen LogP contribution in [0.4, 0.5) is 0 Å². The molecule has 0 fully saturated rings. The van der Waals surface area contributed by atoms with Gasteiger partial charge in [0.15, 0.2) is 48.0 Å². The van der Waals surface area contributed by atoms with Gasteiger partial charge in [0.1, 0.15) is 49.3 Å². The summed E-state index contributed by atoms with van der Waals surface area (Å²) in [6, 6.07) is 41.0. The number of rotatable bonds is 19. The van der Waals surface area contributed by atoms with Crippen LogP contribution >= 0.6 is 59.3 Å². The van der Waals surface area contributed by atoms with E-state index in [0.717, 1.165) is 58.4 Å². The summed E-state index contributed by atoms with van der Waals surface area (Å²) in [5.41, 5.74) is 21.3. The number of H-pyrrole nitrogens is 6. The van der Waals surface area contributed by atoms with E-state index in [0.29, 0.717) is 116 Å². The molecule has 0 saturated heterocycles. The van der Waals surface area contributed by atoms with Gasteiger partial charge in [0.05, 0.1) is 131 Å². The quantitative estimate of drug-likeness (QED) is 0.0183. The van der Waals surface area contributed by atoms with Crippen molar-refractivity contribution in [2.24, 2.45) is 17.2 Å². The standard InChI is InChI=1S/C16H13N5O3S.C15H12N6O2S.2C15H15N5O3S.C12H7N5OS/c1-9(15(23)24-2)25-16-19-13-12(14(22)20-16)8-18-21(13)11-5-3-10(7-17)4-6-11;1-8(12(17)22)24-15-19-13-11(14(23)20-15)7-18-21(13)10-4-2-9(6-16)3-5-10;1-8(12(16)21)24-15-18-13-11(14(22)19-15)7-17-20(13)9-3-5-10(23-2)6-4-9;1-8(12(16)21)24-15-18-13-11(14(22)19-15)7-17-20(13)9-4-3-5-10(6-9)23-2;13-5-7-1-3-8(4-2-7)17-10-9(6-14-17)11(18)16-12(19)15-10/h3-6,8-9H,1-2H3,(H,19,20,22);2-5,7-8H,1H3,(H2,17,22)(H,19,20,23);2*3-8H,1-2H3,(H2,16,21)(H,18,19,22);1-4,6H,(H2,15,16,18,19). The zero-order chi connectivity index (χ0) is 83.2. The number of methoxy groups -OCH3 is 3. The number of benzene rings is 5. The van der Waals surface area contributed by atoms with E-state index >= 15 is 0 Å². The van der Waals surface area contributed by atoms with E-state index in [2.05, 4.69) is 80.1 Å². The molecule has 15 aromatic rings. The van der Waals surface area contributed by atoms with Gasteiger partial charge in [-0.1, -0.05) is 53.1 Å². The molecule has 0 bridgehead atoms. The lowest BCUT2D eigenvalue weighted by molar-refractivity contribution is -0.139. The summed E-state index contributed by atoms with van der Waals surface area (Å²) in [6.07, 6.45) is 7.23. The van der Waals surface area contributed by atoms with Crippen LogP contribution in [-0.2, 0) is 23.9 Å². The van der Waals surface area contributed by atoms with E-state index in [9.17, 15) is 43.2 Å². The first-order chi connectivity index (χ1) is 55.7. The maximum absolute atomic E-state index is 12.2. The highest BCUT2D eigenvalue weighted by atomic mass is 32.2. The molecule has 10 heterocycles. The molecule has 15 rings (SSSR count). The van der Waals surface area contributed by atoms with Crippen molar-refractivity contribution in [1.29, 1.82) is 15.8 Å².